The molecule has 0 saturated heterocycles. The SMILES string of the molecule is Cc1ccc(-c2nnc(CSc3nnc(-c4ccco4)n3CCC(N)=O)o2)cc1. The minimum absolute atomic E-state index is 0.164. The lowest BCUT2D eigenvalue weighted by Crippen LogP contribution is -2.15. The van der Waals surface area contributed by atoms with Crippen molar-refractivity contribution in [2.75, 3.05) is 0 Å². The summed E-state index contributed by atoms with van der Waals surface area (Å²) in [5, 5.41) is 17.2. The summed E-state index contributed by atoms with van der Waals surface area (Å²) < 4.78 is 13.0. The highest BCUT2D eigenvalue weighted by atomic mass is 32.2. The number of nitrogens with two attached hydrogens (primary N) is 1. The summed E-state index contributed by atoms with van der Waals surface area (Å²) in [5.41, 5.74) is 7.33. The molecule has 1 amide bonds. The van der Waals surface area contributed by atoms with Crippen LogP contribution in [0.5, 0.6) is 0 Å². The maximum Gasteiger partial charge on any atom is 0.247 e. The minimum atomic E-state index is -0.403. The molecule has 4 aromatic rings. The summed E-state index contributed by atoms with van der Waals surface area (Å²) in [5.74, 6) is 2.03. The fraction of sp³-hybridized carbons (Fsp3) is 0.211. The molecule has 1 aromatic carbocycles. The van der Waals surface area contributed by atoms with Gasteiger partial charge in [-0.15, -0.1) is 20.4 Å². The molecule has 0 aliphatic rings. The Hall–Kier alpha value is -3.40. The highest BCUT2D eigenvalue weighted by Gasteiger charge is 2.18. The highest BCUT2D eigenvalue weighted by molar-refractivity contribution is 7.98. The van der Waals surface area contributed by atoms with Crippen LogP contribution in [0.25, 0.3) is 23.0 Å². The second-order valence-electron chi connectivity index (χ2n) is 6.31. The number of aryl methyl sites for hydroxylation is 1. The normalized spacial score (nSPS) is 11.1. The third-order valence-corrected chi connectivity index (χ3v) is 5.08. The number of amides is 1. The topological polar surface area (TPSA) is 126 Å². The number of aromatic nitrogens is 5. The molecule has 4 rings (SSSR count). The van der Waals surface area contributed by atoms with Crippen molar-refractivity contribution in [3.05, 3.63) is 54.1 Å². The number of carbonyl (C=O) groups excluding carboxylic acids is 1. The van der Waals surface area contributed by atoms with E-state index in [0.717, 1.165) is 11.1 Å². The monoisotopic (exact) mass is 410 g/mol. The molecule has 10 heteroatoms. The van der Waals surface area contributed by atoms with Crippen molar-refractivity contribution < 1.29 is 13.6 Å². The number of primary amides is 1. The van der Waals surface area contributed by atoms with Crippen LogP contribution in [-0.2, 0) is 17.1 Å². The lowest BCUT2D eigenvalue weighted by Gasteiger charge is -2.07. The third kappa shape index (κ3) is 4.37. The largest absolute Gasteiger partial charge is 0.461 e. The summed E-state index contributed by atoms with van der Waals surface area (Å²) in [4.78, 5) is 11.2. The second-order valence-corrected chi connectivity index (χ2v) is 7.25. The molecule has 3 heterocycles. The van der Waals surface area contributed by atoms with Gasteiger partial charge in [0.15, 0.2) is 16.7 Å². The molecule has 0 aliphatic heterocycles. The number of carbonyl (C=O) groups is 1. The standard InChI is InChI=1S/C19H18N6O3S/c1-12-4-6-13(7-5-12)18-23-21-16(28-18)11-29-19-24-22-17(14-3-2-10-27-14)25(19)9-8-15(20)26/h2-7,10H,8-9,11H2,1H3,(H2,20,26). The average Bonchev–Trinajstić information content (AvgIpc) is 3.45. The predicted octanol–water partition coefficient (Wildman–Crippen LogP) is 3.06. The van der Waals surface area contributed by atoms with Gasteiger partial charge >= 0.3 is 0 Å². The molecule has 0 fully saturated rings. The van der Waals surface area contributed by atoms with Gasteiger partial charge in [0.05, 0.1) is 12.0 Å². The molecule has 0 unspecified atom stereocenters. The van der Waals surface area contributed by atoms with Crippen molar-refractivity contribution in [2.24, 2.45) is 5.73 Å². The summed E-state index contributed by atoms with van der Waals surface area (Å²) in [7, 11) is 0. The van der Waals surface area contributed by atoms with E-state index in [1.807, 2.05) is 31.2 Å². The molecule has 9 nitrogen and oxygen atoms in total. The molecular formula is C19H18N6O3S. The molecule has 0 radical (unpaired) electrons. The molecule has 3 aromatic heterocycles. The molecule has 148 valence electrons. The van der Waals surface area contributed by atoms with Crippen molar-refractivity contribution in [3.8, 4) is 23.0 Å². The second kappa shape index (κ2) is 8.31. The molecule has 2 N–H and O–H groups in total. The van der Waals surface area contributed by atoms with Crippen LogP contribution in [0, 0.1) is 6.92 Å². The smallest absolute Gasteiger partial charge is 0.247 e. The minimum Gasteiger partial charge on any atom is -0.461 e. The third-order valence-electron chi connectivity index (χ3n) is 4.13. The fourth-order valence-electron chi connectivity index (χ4n) is 2.66. The van der Waals surface area contributed by atoms with E-state index in [1.54, 1.807) is 23.0 Å². The van der Waals surface area contributed by atoms with Crippen LogP contribution in [0.15, 0.2) is 56.7 Å². The first-order valence-electron chi connectivity index (χ1n) is 8.88. The van der Waals surface area contributed by atoms with Crippen LogP contribution in [0.3, 0.4) is 0 Å². The van der Waals surface area contributed by atoms with E-state index < -0.39 is 5.91 Å². The van der Waals surface area contributed by atoms with Gasteiger partial charge in [-0.25, -0.2) is 0 Å². The average molecular weight is 410 g/mol. The summed E-state index contributed by atoms with van der Waals surface area (Å²) in [6.45, 7) is 2.37. The maximum atomic E-state index is 11.2. The Morgan fingerprint density at radius 3 is 2.69 bits per heavy atom. The van der Waals surface area contributed by atoms with Crippen molar-refractivity contribution >= 4 is 17.7 Å². The van der Waals surface area contributed by atoms with Gasteiger partial charge in [0.25, 0.3) is 0 Å². The Morgan fingerprint density at radius 1 is 1.14 bits per heavy atom. The molecule has 0 saturated carbocycles. The van der Waals surface area contributed by atoms with Gasteiger partial charge in [0.1, 0.15) is 0 Å². The van der Waals surface area contributed by atoms with Gasteiger partial charge in [-0.1, -0.05) is 29.5 Å². The Bertz CT molecular complexity index is 1100. The number of furan rings is 1. The Kier molecular flexibility index (Phi) is 5.43. The first kappa shape index (κ1) is 18.9. The van der Waals surface area contributed by atoms with Crippen LogP contribution in [0.4, 0.5) is 0 Å². The summed E-state index contributed by atoms with van der Waals surface area (Å²) in [6, 6.07) is 11.4. The molecule has 0 bridgehead atoms. The Morgan fingerprint density at radius 2 is 1.97 bits per heavy atom. The van der Waals surface area contributed by atoms with E-state index in [2.05, 4.69) is 20.4 Å². The number of thioether (sulfide) groups is 1. The van der Waals surface area contributed by atoms with E-state index in [0.29, 0.717) is 40.8 Å². The van der Waals surface area contributed by atoms with E-state index in [1.165, 1.54) is 11.8 Å². The van der Waals surface area contributed by atoms with Crippen molar-refractivity contribution in [1.82, 2.24) is 25.0 Å². The lowest BCUT2D eigenvalue weighted by molar-refractivity contribution is -0.118. The number of hydrogen-bond donors (Lipinski definition) is 1. The van der Waals surface area contributed by atoms with Gasteiger partial charge in [-0.05, 0) is 31.2 Å². The summed E-state index contributed by atoms with van der Waals surface area (Å²) in [6.07, 6.45) is 1.72. The van der Waals surface area contributed by atoms with Crippen LogP contribution < -0.4 is 5.73 Å². The van der Waals surface area contributed by atoms with Crippen LogP contribution >= 0.6 is 11.8 Å². The van der Waals surface area contributed by atoms with E-state index in [9.17, 15) is 4.79 Å². The van der Waals surface area contributed by atoms with Crippen LogP contribution in [0.1, 0.15) is 17.9 Å². The Balaban J connectivity index is 1.51. The van der Waals surface area contributed by atoms with Crippen molar-refractivity contribution in [2.45, 2.75) is 30.8 Å². The van der Waals surface area contributed by atoms with Gasteiger partial charge in [-0.3, -0.25) is 9.36 Å². The number of rotatable bonds is 8. The van der Waals surface area contributed by atoms with Crippen molar-refractivity contribution in [3.63, 3.8) is 0 Å². The first-order chi connectivity index (χ1) is 14.1. The lowest BCUT2D eigenvalue weighted by atomic mass is 10.1. The van der Waals surface area contributed by atoms with E-state index >= 15 is 0 Å². The zero-order chi connectivity index (χ0) is 20.2. The van der Waals surface area contributed by atoms with Gasteiger partial charge in [0.2, 0.25) is 17.7 Å². The highest BCUT2D eigenvalue weighted by Crippen LogP contribution is 2.27. The Labute approximate surface area is 170 Å². The quantitative estimate of drug-likeness (QED) is 0.439. The number of benzene rings is 1. The van der Waals surface area contributed by atoms with Gasteiger partial charge in [-0.2, -0.15) is 0 Å². The van der Waals surface area contributed by atoms with E-state index in [4.69, 9.17) is 14.6 Å². The molecule has 0 spiro atoms. The fourth-order valence-corrected chi connectivity index (χ4v) is 3.46. The first-order valence-corrected chi connectivity index (χ1v) is 9.86. The molecule has 29 heavy (non-hydrogen) atoms. The molecular weight excluding hydrogens is 392 g/mol. The maximum absolute atomic E-state index is 11.2. The van der Waals surface area contributed by atoms with Crippen LogP contribution in [-0.4, -0.2) is 30.9 Å². The molecule has 0 aliphatic carbocycles. The molecule has 0 atom stereocenters. The number of nitrogens with zero attached hydrogens (tertiary/aromatic N) is 5. The van der Waals surface area contributed by atoms with Crippen LogP contribution in [0.2, 0.25) is 0 Å². The summed E-state index contributed by atoms with van der Waals surface area (Å²) >= 11 is 1.38. The predicted molar refractivity (Wildman–Crippen MR) is 106 cm³/mol. The number of hydrogen-bond acceptors (Lipinski definition) is 8. The zero-order valence-electron chi connectivity index (χ0n) is 15.6. The zero-order valence-corrected chi connectivity index (χ0v) is 16.4. The van der Waals surface area contributed by atoms with E-state index in [-0.39, 0.29) is 6.42 Å². The van der Waals surface area contributed by atoms with Crippen molar-refractivity contribution in [1.29, 1.82) is 0 Å². The van der Waals surface area contributed by atoms with Gasteiger partial charge in [0, 0.05) is 18.5 Å². The van der Waals surface area contributed by atoms with Gasteiger partial charge < -0.3 is 14.6 Å².